The van der Waals surface area contributed by atoms with Crippen LogP contribution in [0.5, 0.6) is 5.88 Å². The van der Waals surface area contributed by atoms with Gasteiger partial charge in [0.05, 0.1) is 24.7 Å². The maximum absolute atomic E-state index is 6.15. The highest BCUT2D eigenvalue weighted by molar-refractivity contribution is 6.04. The van der Waals surface area contributed by atoms with Crippen LogP contribution in [0.4, 0.5) is 5.69 Å². The van der Waals surface area contributed by atoms with Gasteiger partial charge >= 0.3 is 0 Å². The van der Waals surface area contributed by atoms with E-state index in [0.29, 0.717) is 34.5 Å². The highest BCUT2D eigenvalue weighted by Crippen LogP contribution is 2.32. The van der Waals surface area contributed by atoms with E-state index in [9.17, 15) is 0 Å². The maximum atomic E-state index is 6.15. The van der Waals surface area contributed by atoms with Gasteiger partial charge in [-0.2, -0.15) is 4.98 Å². The fourth-order valence-corrected chi connectivity index (χ4v) is 3.48. The lowest BCUT2D eigenvalue weighted by Gasteiger charge is -2.30. The zero-order valence-electron chi connectivity index (χ0n) is 15.9. The lowest BCUT2D eigenvalue weighted by molar-refractivity contribution is 0.399. The SMILES string of the molecule is COc1ccc2nc(-c3ccco3)n(-c3ccc4c(c3)NC(C)(N)N=C4N)c2n1. The Balaban J connectivity index is 1.77. The number of pyridine rings is 1. The number of hydrogen-bond acceptors (Lipinski definition) is 8. The molecule has 9 heteroatoms. The molecule has 5 N–H and O–H groups in total. The second kappa shape index (κ2) is 6.08. The van der Waals surface area contributed by atoms with Crippen molar-refractivity contribution in [2.45, 2.75) is 12.7 Å². The maximum Gasteiger partial charge on any atom is 0.215 e. The third-order valence-electron chi connectivity index (χ3n) is 4.71. The Morgan fingerprint density at radius 1 is 1.17 bits per heavy atom. The third kappa shape index (κ3) is 2.79. The fourth-order valence-electron chi connectivity index (χ4n) is 3.48. The largest absolute Gasteiger partial charge is 0.481 e. The number of fused-ring (bicyclic) bond motifs is 2. The number of nitrogens with zero attached hydrogens (tertiary/aromatic N) is 4. The van der Waals surface area contributed by atoms with E-state index in [4.69, 9.17) is 25.6 Å². The first-order valence-electron chi connectivity index (χ1n) is 9.00. The summed E-state index contributed by atoms with van der Waals surface area (Å²) in [5.41, 5.74) is 16.0. The van der Waals surface area contributed by atoms with E-state index in [0.717, 1.165) is 16.9 Å². The molecule has 4 aromatic rings. The molecule has 1 atom stereocenters. The number of anilines is 1. The van der Waals surface area contributed by atoms with Gasteiger partial charge in [-0.05, 0) is 43.3 Å². The summed E-state index contributed by atoms with van der Waals surface area (Å²) in [7, 11) is 1.58. The van der Waals surface area contributed by atoms with Crippen LogP contribution in [0.2, 0.25) is 0 Å². The molecule has 0 radical (unpaired) electrons. The number of rotatable bonds is 3. The van der Waals surface area contributed by atoms with Crippen LogP contribution in [0, 0.1) is 0 Å². The molecule has 1 aliphatic heterocycles. The Bertz CT molecular complexity index is 1260. The van der Waals surface area contributed by atoms with Crippen molar-refractivity contribution in [1.82, 2.24) is 14.5 Å². The molecule has 146 valence electrons. The van der Waals surface area contributed by atoms with E-state index in [2.05, 4.69) is 15.3 Å². The first-order valence-corrected chi connectivity index (χ1v) is 9.00. The topological polar surface area (TPSA) is 130 Å². The van der Waals surface area contributed by atoms with Gasteiger partial charge in [0.15, 0.2) is 23.0 Å². The third-order valence-corrected chi connectivity index (χ3v) is 4.71. The van der Waals surface area contributed by atoms with Gasteiger partial charge in [-0.3, -0.25) is 10.3 Å². The Labute approximate surface area is 166 Å². The van der Waals surface area contributed by atoms with Gasteiger partial charge in [0.25, 0.3) is 0 Å². The Morgan fingerprint density at radius 2 is 2.03 bits per heavy atom. The van der Waals surface area contributed by atoms with Crippen molar-refractivity contribution in [2.24, 2.45) is 16.5 Å². The second-order valence-corrected chi connectivity index (χ2v) is 6.94. The van der Waals surface area contributed by atoms with E-state index in [1.54, 1.807) is 26.4 Å². The van der Waals surface area contributed by atoms with Crippen molar-refractivity contribution < 1.29 is 9.15 Å². The van der Waals surface area contributed by atoms with E-state index in [-0.39, 0.29) is 0 Å². The Morgan fingerprint density at radius 3 is 2.79 bits per heavy atom. The van der Waals surface area contributed by atoms with Crippen LogP contribution >= 0.6 is 0 Å². The molecule has 3 aromatic heterocycles. The minimum Gasteiger partial charge on any atom is -0.481 e. The molecule has 0 saturated carbocycles. The molecule has 1 unspecified atom stereocenters. The van der Waals surface area contributed by atoms with Gasteiger partial charge < -0.3 is 20.2 Å². The fraction of sp³-hybridized carbons (Fsp3) is 0.150. The van der Waals surface area contributed by atoms with Gasteiger partial charge in [0, 0.05) is 11.6 Å². The van der Waals surface area contributed by atoms with Crippen molar-refractivity contribution in [1.29, 1.82) is 0 Å². The van der Waals surface area contributed by atoms with Crippen LogP contribution < -0.4 is 21.5 Å². The zero-order valence-corrected chi connectivity index (χ0v) is 15.9. The predicted molar refractivity (Wildman–Crippen MR) is 110 cm³/mol. The predicted octanol–water partition coefficient (Wildman–Crippen LogP) is 2.45. The lowest BCUT2D eigenvalue weighted by Crippen LogP contribution is -2.47. The molecule has 0 spiro atoms. The van der Waals surface area contributed by atoms with Gasteiger partial charge in [0.2, 0.25) is 5.88 Å². The Kier molecular flexibility index (Phi) is 3.62. The molecule has 0 bridgehead atoms. The number of hydrogen-bond donors (Lipinski definition) is 3. The summed E-state index contributed by atoms with van der Waals surface area (Å²) in [6.07, 6.45) is 1.61. The van der Waals surface area contributed by atoms with Crippen LogP contribution in [0.3, 0.4) is 0 Å². The average molecular weight is 389 g/mol. The molecule has 5 rings (SSSR count). The van der Waals surface area contributed by atoms with E-state index < -0.39 is 5.79 Å². The number of amidine groups is 1. The molecule has 0 saturated heterocycles. The van der Waals surface area contributed by atoms with Crippen molar-refractivity contribution in [3.63, 3.8) is 0 Å². The number of aromatic nitrogens is 3. The number of aliphatic imine (C=N–C) groups is 1. The second-order valence-electron chi connectivity index (χ2n) is 6.94. The monoisotopic (exact) mass is 389 g/mol. The summed E-state index contributed by atoms with van der Waals surface area (Å²) < 4.78 is 12.8. The minimum atomic E-state index is -0.988. The van der Waals surface area contributed by atoms with Crippen molar-refractivity contribution >= 4 is 22.7 Å². The van der Waals surface area contributed by atoms with Crippen LogP contribution in [-0.2, 0) is 0 Å². The molecule has 4 heterocycles. The van der Waals surface area contributed by atoms with Crippen LogP contribution in [0.15, 0.2) is 58.1 Å². The first-order chi connectivity index (χ1) is 13.9. The molecular weight excluding hydrogens is 370 g/mol. The molecule has 29 heavy (non-hydrogen) atoms. The summed E-state index contributed by atoms with van der Waals surface area (Å²) >= 11 is 0. The number of ether oxygens (including phenoxy) is 1. The molecule has 0 amide bonds. The zero-order chi connectivity index (χ0) is 20.2. The summed E-state index contributed by atoms with van der Waals surface area (Å²) in [5.74, 6) is 1.14. The van der Waals surface area contributed by atoms with E-state index in [1.165, 1.54) is 0 Å². The summed E-state index contributed by atoms with van der Waals surface area (Å²) in [5, 5.41) is 3.20. The summed E-state index contributed by atoms with van der Waals surface area (Å²) in [6, 6.07) is 13.1. The normalized spacial score (nSPS) is 18.2. The van der Waals surface area contributed by atoms with Gasteiger partial charge in [-0.15, -0.1) is 0 Å². The summed E-state index contributed by atoms with van der Waals surface area (Å²) in [4.78, 5) is 13.6. The highest BCUT2D eigenvalue weighted by atomic mass is 16.5. The molecule has 1 aliphatic rings. The number of methoxy groups -OCH3 is 1. The standard InChI is InChI=1S/C20H19N7O2/c1-20(22)25-14-10-11(5-6-12(14)17(21)26-20)27-18-13(7-8-16(24-18)28-2)23-19(27)15-4-3-9-29-15/h3-10,25H,22H2,1-2H3,(H2,21,26). The molecule has 0 fully saturated rings. The number of imidazole rings is 1. The van der Waals surface area contributed by atoms with Crippen LogP contribution in [0.25, 0.3) is 28.4 Å². The molecule has 1 aromatic carbocycles. The quantitative estimate of drug-likeness (QED) is 0.491. The minimum absolute atomic E-state index is 0.386. The molecule has 9 nitrogen and oxygen atoms in total. The van der Waals surface area contributed by atoms with Crippen molar-refractivity contribution in [3.05, 3.63) is 54.3 Å². The smallest absolute Gasteiger partial charge is 0.215 e. The number of benzene rings is 1. The first kappa shape index (κ1) is 17.3. The van der Waals surface area contributed by atoms with Gasteiger partial charge in [0.1, 0.15) is 11.4 Å². The van der Waals surface area contributed by atoms with Crippen LogP contribution in [0.1, 0.15) is 12.5 Å². The van der Waals surface area contributed by atoms with Crippen LogP contribution in [-0.4, -0.2) is 33.3 Å². The van der Waals surface area contributed by atoms with E-state index >= 15 is 0 Å². The molecular formula is C20H19N7O2. The Hall–Kier alpha value is -3.85. The number of nitrogens with one attached hydrogen (secondary N) is 1. The number of nitrogens with two attached hydrogens (primary N) is 2. The highest BCUT2D eigenvalue weighted by Gasteiger charge is 2.26. The number of furan rings is 1. The average Bonchev–Trinajstić information content (AvgIpc) is 3.33. The van der Waals surface area contributed by atoms with Crippen molar-refractivity contribution in [3.8, 4) is 23.2 Å². The van der Waals surface area contributed by atoms with Gasteiger partial charge in [-0.25, -0.2) is 9.98 Å². The summed E-state index contributed by atoms with van der Waals surface area (Å²) in [6.45, 7) is 1.75. The lowest BCUT2D eigenvalue weighted by atomic mass is 10.1. The van der Waals surface area contributed by atoms with Crippen molar-refractivity contribution in [2.75, 3.05) is 12.4 Å². The van der Waals surface area contributed by atoms with Gasteiger partial charge in [-0.1, -0.05) is 0 Å². The van der Waals surface area contributed by atoms with E-state index in [1.807, 2.05) is 41.0 Å². The molecule has 0 aliphatic carbocycles.